The lowest BCUT2D eigenvalue weighted by molar-refractivity contribution is 0.126. The highest BCUT2D eigenvalue weighted by Gasteiger charge is 2.20. The van der Waals surface area contributed by atoms with Gasteiger partial charge in [0, 0.05) is 24.6 Å². The Balaban J connectivity index is 1.83. The standard InChI is InChI=1S/C12H15BrN4O/c13-10-7-17-6-5-14-12(17)11(16-10)15-8-1-3-9(18)4-2-8/h5-9,18H,1-4H2,(H,15,16). The van der Waals surface area contributed by atoms with E-state index in [-0.39, 0.29) is 6.10 Å². The molecule has 0 saturated heterocycles. The van der Waals surface area contributed by atoms with Crippen LogP contribution in [-0.4, -0.2) is 31.6 Å². The molecule has 0 bridgehead atoms. The summed E-state index contributed by atoms with van der Waals surface area (Å²) < 4.78 is 2.73. The Morgan fingerprint density at radius 2 is 2.11 bits per heavy atom. The molecule has 1 fully saturated rings. The Hall–Kier alpha value is -1.14. The molecule has 2 aromatic heterocycles. The molecule has 5 nitrogen and oxygen atoms in total. The van der Waals surface area contributed by atoms with Crippen LogP contribution in [0.5, 0.6) is 0 Å². The molecule has 0 atom stereocenters. The second-order valence-electron chi connectivity index (χ2n) is 4.72. The summed E-state index contributed by atoms with van der Waals surface area (Å²) in [5.74, 6) is 0.802. The smallest absolute Gasteiger partial charge is 0.180 e. The summed E-state index contributed by atoms with van der Waals surface area (Å²) in [6.07, 6.45) is 9.08. The zero-order chi connectivity index (χ0) is 12.5. The largest absolute Gasteiger partial charge is 0.393 e. The van der Waals surface area contributed by atoms with Gasteiger partial charge in [0.25, 0.3) is 0 Å². The number of rotatable bonds is 2. The summed E-state index contributed by atoms with van der Waals surface area (Å²) in [5, 5.41) is 12.9. The van der Waals surface area contributed by atoms with Gasteiger partial charge in [-0.15, -0.1) is 0 Å². The fourth-order valence-corrected chi connectivity index (χ4v) is 2.81. The summed E-state index contributed by atoms with van der Waals surface area (Å²) in [5.41, 5.74) is 0.837. The van der Waals surface area contributed by atoms with Gasteiger partial charge in [-0.3, -0.25) is 0 Å². The van der Waals surface area contributed by atoms with Crippen molar-refractivity contribution in [2.75, 3.05) is 5.32 Å². The Bertz CT molecular complexity index is 548. The lowest BCUT2D eigenvalue weighted by atomic mass is 9.93. The van der Waals surface area contributed by atoms with Crippen molar-refractivity contribution in [2.24, 2.45) is 0 Å². The molecular formula is C12H15BrN4O. The summed E-state index contributed by atoms with van der Waals surface area (Å²) in [6, 6.07) is 0.371. The van der Waals surface area contributed by atoms with Crippen molar-refractivity contribution in [1.29, 1.82) is 0 Å². The number of anilines is 1. The SMILES string of the molecule is OC1CCC(Nc2nc(Br)cn3ccnc23)CC1. The van der Waals surface area contributed by atoms with E-state index in [4.69, 9.17) is 0 Å². The maximum Gasteiger partial charge on any atom is 0.180 e. The molecule has 1 aliphatic rings. The molecular weight excluding hydrogens is 296 g/mol. The highest BCUT2D eigenvalue weighted by molar-refractivity contribution is 9.10. The molecule has 0 unspecified atom stereocenters. The third-order valence-electron chi connectivity index (χ3n) is 3.38. The number of nitrogens with zero attached hydrogens (tertiary/aromatic N) is 3. The van der Waals surface area contributed by atoms with Gasteiger partial charge in [-0.1, -0.05) is 0 Å². The summed E-state index contributed by atoms with van der Waals surface area (Å²) in [4.78, 5) is 8.75. The molecule has 6 heteroatoms. The van der Waals surface area contributed by atoms with Crippen LogP contribution in [0, 0.1) is 0 Å². The van der Waals surface area contributed by atoms with E-state index in [1.165, 1.54) is 0 Å². The molecule has 0 amide bonds. The first-order chi connectivity index (χ1) is 8.72. The van der Waals surface area contributed by atoms with E-state index < -0.39 is 0 Å². The van der Waals surface area contributed by atoms with Gasteiger partial charge in [0.2, 0.25) is 0 Å². The number of hydrogen-bond donors (Lipinski definition) is 2. The number of imidazole rings is 1. The van der Waals surface area contributed by atoms with Gasteiger partial charge in [-0.05, 0) is 41.6 Å². The highest BCUT2D eigenvalue weighted by Crippen LogP contribution is 2.24. The van der Waals surface area contributed by atoms with Crippen LogP contribution in [0.2, 0.25) is 0 Å². The second kappa shape index (κ2) is 4.85. The molecule has 0 aliphatic heterocycles. The van der Waals surface area contributed by atoms with Crippen LogP contribution in [0.3, 0.4) is 0 Å². The predicted octanol–water partition coefficient (Wildman–Crippen LogP) is 2.21. The van der Waals surface area contributed by atoms with Crippen molar-refractivity contribution in [2.45, 2.75) is 37.8 Å². The third-order valence-corrected chi connectivity index (χ3v) is 3.76. The van der Waals surface area contributed by atoms with E-state index in [0.29, 0.717) is 6.04 Å². The van der Waals surface area contributed by atoms with Crippen LogP contribution in [0.1, 0.15) is 25.7 Å². The molecule has 1 aliphatic carbocycles. The van der Waals surface area contributed by atoms with Crippen LogP contribution in [0.15, 0.2) is 23.2 Å². The van der Waals surface area contributed by atoms with Crippen LogP contribution < -0.4 is 5.32 Å². The van der Waals surface area contributed by atoms with Gasteiger partial charge in [-0.25, -0.2) is 9.97 Å². The molecule has 2 aromatic rings. The summed E-state index contributed by atoms with van der Waals surface area (Å²) >= 11 is 3.40. The van der Waals surface area contributed by atoms with Crippen molar-refractivity contribution >= 4 is 27.4 Å². The number of aliphatic hydroxyl groups excluding tert-OH is 1. The Morgan fingerprint density at radius 3 is 2.89 bits per heavy atom. The van der Waals surface area contributed by atoms with E-state index in [1.807, 2.05) is 16.8 Å². The zero-order valence-corrected chi connectivity index (χ0v) is 11.5. The van der Waals surface area contributed by atoms with Crippen molar-refractivity contribution in [3.63, 3.8) is 0 Å². The second-order valence-corrected chi connectivity index (χ2v) is 5.53. The maximum atomic E-state index is 9.51. The minimum atomic E-state index is -0.134. The lowest BCUT2D eigenvalue weighted by Crippen LogP contribution is -2.28. The topological polar surface area (TPSA) is 62.5 Å². The zero-order valence-electron chi connectivity index (χ0n) is 9.88. The van der Waals surface area contributed by atoms with E-state index in [1.54, 1.807) is 6.20 Å². The van der Waals surface area contributed by atoms with Crippen molar-refractivity contribution in [3.8, 4) is 0 Å². The fraction of sp³-hybridized carbons (Fsp3) is 0.500. The van der Waals surface area contributed by atoms with Gasteiger partial charge in [0.1, 0.15) is 4.60 Å². The van der Waals surface area contributed by atoms with Gasteiger partial charge < -0.3 is 14.8 Å². The van der Waals surface area contributed by atoms with Crippen molar-refractivity contribution < 1.29 is 5.11 Å². The maximum absolute atomic E-state index is 9.51. The number of aliphatic hydroxyl groups is 1. The molecule has 2 N–H and O–H groups in total. The lowest BCUT2D eigenvalue weighted by Gasteiger charge is -2.26. The van der Waals surface area contributed by atoms with Crippen LogP contribution in [0.4, 0.5) is 5.82 Å². The molecule has 2 heterocycles. The third kappa shape index (κ3) is 2.35. The van der Waals surface area contributed by atoms with Crippen molar-refractivity contribution in [1.82, 2.24) is 14.4 Å². The van der Waals surface area contributed by atoms with E-state index in [9.17, 15) is 5.11 Å². The van der Waals surface area contributed by atoms with E-state index in [2.05, 4.69) is 31.2 Å². The Labute approximate surface area is 113 Å². The predicted molar refractivity (Wildman–Crippen MR) is 72.6 cm³/mol. The minimum Gasteiger partial charge on any atom is -0.393 e. The van der Waals surface area contributed by atoms with E-state index >= 15 is 0 Å². The normalized spacial score (nSPS) is 24.3. The number of nitrogens with one attached hydrogen (secondary N) is 1. The van der Waals surface area contributed by atoms with Gasteiger partial charge in [-0.2, -0.15) is 0 Å². The summed E-state index contributed by atoms with van der Waals surface area (Å²) in [6.45, 7) is 0. The quantitative estimate of drug-likeness (QED) is 0.892. The number of halogens is 1. The van der Waals surface area contributed by atoms with Crippen LogP contribution >= 0.6 is 15.9 Å². The highest BCUT2D eigenvalue weighted by atomic mass is 79.9. The average Bonchev–Trinajstić information content (AvgIpc) is 2.80. The molecule has 0 radical (unpaired) electrons. The molecule has 0 spiro atoms. The molecule has 18 heavy (non-hydrogen) atoms. The first-order valence-electron chi connectivity index (χ1n) is 6.16. The van der Waals surface area contributed by atoms with E-state index in [0.717, 1.165) is 41.8 Å². The number of fused-ring (bicyclic) bond motifs is 1. The molecule has 0 aromatic carbocycles. The first kappa shape index (κ1) is 11.9. The number of aromatic nitrogens is 3. The average molecular weight is 311 g/mol. The summed E-state index contributed by atoms with van der Waals surface area (Å²) in [7, 11) is 0. The van der Waals surface area contributed by atoms with Gasteiger partial charge in [0.05, 0.1) is 6.10 Å². The molecule has 96 valence electrons. The first-order valence-corrected chi connectivity index (χ1v) is 6.95. The van der Waals surface area contributed by atoms with Crippen LogP contribution in [-0.2, 0) is 0 Å². The van der Waals surface area contributed by atoms with Crippen molar-refractivity contribution in [3.05, 3.63) is 23.2 Å². The monoisotopic (exact) mass is 310 g/mol. The van der Waals surface area contributed by atoms with Gasteiger partial charge >= 0.3 is 0 Å². The number of hydrogen-bond acceptors (Lipinski definition) is 4. The molecule has 1 saturated carbocycles. The Morgan fingerprint density at radius 1 is 1.33 bits per heavy atom. The molecule has 3 rings (SSSR count). The van der Waals surface area contributed by atoms with Crippen LogP contribution in [0.25, 0.3) is 5.65 Å². The Kier molecular flexibility index (Phi) is 3.22. The minimum absolute atomic E-state index is 0.134. The fourth-order valence-electron chi connectivity index (χ4n) is 2.41. The van der Waals surface area contributed by atoms with Gasteiger partial charge in [0.15, 0.2) is 11.5 Å².